The lowest BCUT2D eigenvalue weighted by molar-refractivity contribution is -0.161. The van der Waals surface area contributed by atoms with Crippen LogP contribution in [0.25, 0.3) is 33.1 Å². The number of para-hydroxylation sites is 1. The smallest absolute Gasteiger partial charge is 0.328 e. The van der Waals surface area contributed by atoms with Crippen LogP contribution in [0.5, 0.6) is 0 Å². The Hall–Kier alpha value is -5.02. The highest BCUT2D eigenvalue weighted by Gasteiger charge is 2.45. The number of ether oxygens (including phenoxy) is 1. The third-order valence-electron chi connectivity index (χ3n) is 10.2. The molecule has 2 aliphatic rings. The van der Waals surface area contributed by atoms with Crippen LogP contribution in [0, 0.1) is 11.7 Å². The first-order valence-corrected chi connectivity index (χ1v) is 17.3. The largest absolute Gasteiger partial charge is 0.467 e. The Kier molecular flexibility index (Phi) is 9.19. The van der Waals surface area contributed by atoms with Crippen molar-refractivity contribution in [2.24, 2.45) is 5.92 Å². The van der Waals surface area contributed by atoms with E-state index in [-0.39, 0.29) is 55.2 Å². The molecule has 0 radical (unpaired) electrons. The highest BCUT2D eigenvalue weighted by atomic mass is 19.3. The molecule has 2 aromatic carbocycles. The summed E-state index contributed by atoms with van der Waals surface area (Å²) in [7, 11) is 1.25. The van der Waals surface area contributed by atoms with Crippen LogP contribution in [0.4, 0.5) is 27.8 Å². The van der Waals surface area contributed by atoms with Gasteiger partial charge < -0.3 is 23.9 Å². The fourth-order valence-corrected chi connectivity index (χ4v) is 7.61. The molecule has 11 nitrogen and oxygen atoms in total. The van der Waals surface area contributed by atoms with Crippen molar-refractivity contribution < 1.29 is 40.7 Å². The van der Waals surface area contributed by atoms with Crippen LogP contribution < -0.4 is 10.6 Å². The second-order valence-corrected chi connectivity index (χ2v) is 13.7. The minimum atomic E-state index is -3.80. The second kappa shape index (κ2) is 13.5. The summed E-state index contributed by atoms with van der Waals surface area (Å²) in [6.45, 7) is 2.00. The lowest BCUT2D eigenvalue weighted by Gasteiger charge is -2.38. The molecule has 2 saturated heterocycles. The van der Waals surface area contributed by atoms with Crippen LogP contribution in [0.3, 0.4) is 0 Å². The van der Waals surface area contributed by atoms with Gasteiger partial charge in [-0.15, -0.1) is 0 Å². The number of benzene rings is 2. The average Bonchev–Trinajstić information content (AvgIpc) is 3.84. The summed E-state index contributed by atoms with van der Waals surface area (Å²) in [4.78, 5) is 51.9. The van der Waals surface area contributed by atoms with E-state index >= 15 is 17.6 Å². The van der Waals surface area contributed by atoms with Crippen molar-refractivity contribution in [1.82, 2.24) is 24.4 Å². The molecular formula is C36H37F5N6O5. The number of imidazole rings is 1. The molecule has 1 amide bonds. The minimum absolute atomic E-state index is 0.0300. The molecule has 0 unspecified atom stereocenters. The van der Waals surface area contributed by atoms with E-state index in [2.05, 4.69) is 15.0 Å². The molecule has 2 aliphatic heterocycles. The number of fused-ring (bicyclic) bond motifs is 4. The first-order chi connectivity index (χ1) is 24.8. The molecule has 16 heteroatoms. The van der Waals surface area contributed by atoms with E-state index < -0.39 is 66.0 Å². The van der Waals surface area contributed by atoms with Gasteiger partial charge in [-0.25, -0.2) is 23.9 Å². The van der Waals surface area contributed by atoms with Gasteiger partial charge >= 0.3 is 23.5 Å². The maximum Gasteiger partial charge on any atom is 0.328 e. The monoisotopic (exact) mass is 728 g/mol. The Morgan fingerprint density at radius 2 is 1.81 bits per heavy atom. The number of hydrogen-bond donors (Lipinski definition) is 1. The van der Waals surface area contributed by atoms with Crippen LogP contribution in [0.1, 0.15) is 63.7 Å². The van der Waals surface area contributed by atoms with Gasteiger partial charge in [0.25, 0.3) is 5.91 Å². The highest BCUT2D eigenvalue weighted by molar-refractivity contribution is 6.06. The van der Waals surface area contributed by atoms with Crippen molar-refractivity contribution in [3.05, 3.63) is 64.6 Å². The Morgan fingerprint density at radius 3 is 2.58 bits per heavy atom. The molecule has 0 saturated carbocycles. The molecular weight excluding hydrogens is 691 g/mol. The van der Waals surface area contributed by atoms with Crippen LogP contribution >= 0.6 is 0 Å². The number of piperidine rings is 1. The third-order valence-corrected chi connectivity index (χ3v) is 10.2. The summed E-state index contributed by atoms with van der Waals surface area (Å²) >= 11 is 0. The molecule has 5 aromatic rings. The van der Waals surface area contributed by atoms with Gasteiger partial charge in [0, 0.05) is 43.9 Å². The quantitative estimate of drug-likeness (QED) is 0.0958. The van der Waals surface area contributed by atoms with Crippen molar-refractivity contribution in [3.8, 4) is 0 Å². The first kappa shape index (κ1) is 35.4. The van der Waals surface area contributed by atoms with Crippen molar-refractivity contribution in [3.63, 3.8) is 0 Å². The number of nitrogens with one attached hydrogen (secondary N) is 1. The minimum Gasteiger partial charge on any atom is -0.467 e. The molecule has 3 atom stereocenters. The number of halogens is 5. The molecule has 3 aromatic heterocycles. The molecule has 1 N–H and O–H groups in total. The first-order valence-electron chi connectivity index (χ1n) is 17.3. The summed E-state index contributed by atoms with van der Waals surface area (Å²) in [5, 5.41) is 0.479. The summed E-state index contributed by atoms with van der Waals surface area (Å²) in [6, 6.07) is 9.51. The molecule has 7 rings (SSSR count). The zero-order chi connectivity index (χ0) is 36.9. The average molecular weight is 729 g/mol. The Labute approximate surface area is 293 Å². The highest BCUT2D eigenvalue weighted by Crippen LogP contribution is 2.41. The second-order valence-electron chi connectivity index (χ2n) is 13.7. The number of likely N-dealkylation sites (tertiary alicyclic amines) is 1. The maximum absolute atomic E-state index is 15.8. The van der Waals surface area contributed by atoms with E-state index in [1.54, 1.807) is 36.1 Å². The fraction of sp³-hybridized carbons (Fsp3) is 0.472. The van der Waals surface area contributed by atoms with Crippen LogP contribution in [0.15, 0.2) is 51.7 Å². The van der Waals surface area contributed by atoms with Gasteiger partial charge in [0.15, 0.2) is 11.4 Å². The number of esters is 1. The van der Waals surface area contributed by atoms with E-state index in [1.807, 2.05) is 0 Å². The van der Waals surface area contributed by atoms with Gasteiger partial charge in [0.05, 0.1) is 18.1 Å². The van der Waals surface area contributed by atoms with Crippen molar-refractivity contribution >= 4 is 50.8 Å². The maximum atomic E-state index is 15.8. The van der Waals surface area contributed by atoms with Crippen LogP contribution in [-0.4, -0.2) is 75.0 Å². The number of rotatable bonds is 10. The number of aromatic nitrogens is 4. The van der Waals surface area contributed by atoms with E-state index in [0.717, 1.165) is 4.90 Å². The van der Waals surface area contributed by atoms with E-state index in [4.69, 9.17) is 9.15 Å². The van der Waals surface area contributed by atoms with Crippen molar-refractivity contribution in [1.29, 1.82) is 0 Å². The number of amides is 1. The normalized spacial score (nSPS) is 20.0. The molecule has 0 aliphatic carbocycles. The number of anilines is 1. The summed E-state index contributed by atoms with van der Waals surface area (Å²) in [5.41, 5.74) is 1.03. The standard InChI is InChI=1S/C36H37F5N6O5/c1-20-19-45(17-13-24(20)47-25-12-11-21(37)18-23(25)42-34(47)50)33(49)36(40,41)15-6-5-14-35(38,39)32-43-28-22-8-3-4-10-27(22)52-29(28)30(44-32)46-16-7-9-26(46)31(48)51-2/h3-4,8,10-12,18,20,24,26H,5-7,9,13-17,19H2,1-2H3,(H,42,50)/t20-,24-,26-/m0/s1. The SMILES string of the molecule is COC(=O)[C@@H]1CCCN1c1nc(C(F)(F)CCCCC(F)(F)C(=O)N2CC[C@H](n3c(=O)[nH]c4cc(F)ccc43)[C@@H](C)C2)nc2c1oc1ccccc12. The van der Waals surface area contributed by atoms with Crippen molar-refractivity contribution in [2.75, 3.05) is 31.6 Å². The topological polar surface area (TPSA) is 127 Å². The number of H-pyrrole nitrogens is 1. The number of nitrogens with zero attached hydrogens (tertiary/aromatic N) is 5. The number of hydrogen-bond acceptors (Lipinski definition) is 8. The zero-order valence-corrected chi connectivity index (χ0v) is 28.5. The lowest BCUT2D eigenvalue weighted by atomic mass is 9.92. The molecule has 0 spiro atoms. The predicted octanol–water partition coefficient (Wildman–Crippen LogP) is 6.70. The number of carbonyl (C=O) groups is 2. The van der Waals surface area contributed by atoms with E-state index in [9.17, 15) is 18.8 Å². The van der Waals surface area contributed by atoms with Crippen LogP contribution in [-0.2, 0) is 20.2 Å². The number of alkyl halides is 4. The number of methoxy groups -OCH3 is 1. The van der Waals surface area contributed by atoms with Gasteiger partial charge in [-0.05, 0) is 68.4 Å². The number of unbranched alkanes of at least 4 members (excludes halogenated alkanes) is 1. The van der Waals surface area contributed by atoms with Gasteiger partial charge in [-0.1, -0.05) is 19.1 Å². The molecule has 5 heterocycles. The molecule has 52 heavy (non-hydrogen) atoms. The third kappa shape index (κ3) is 6.36. The summed E-state index contributed by atoms with van der Waals surface area (Å²) < 4.78 is 88.2. The van der Waals surface area contributed by atoms with Crippen LogP contribution in [0.2, 0.25) is 0 Å². The predicted molar refractivity (Wildman–Crippen MR) is 181 cm³/mol. The van der Waals surface area contributed by atoms with Crippen molar-refractivity contribution in [2.45, 2.75) is 75.8 Å². The Morgan fingerprint density at radius 1 is 1.04 bits per heavy atom. The summed E-state index contributed by atoms with van der Waals surface area (Å²) in [6.07, 6.45) is -1.28. The zero-order valence-electron chi connectivity index (χ0n) is 28.5. The van der Waals surface area contributed by atoms with E-state index in [0.29, 0.717) is 41.4 Å². The van der Waals surface area contributed by atoms with E-state index in [1.165, 1.54) is 29.9 Å². The fourth-order valence-electron chi connectivity index (χ4n) is 7.61. The molecule has 276 valence electrons. The van der Waals surface area contributed by atoms with Gasteiger partial charge in [-0.3, -0.25) is 9.36 Å². The Bertz CT molecular complexity index is 2220. The Balaban J connectivity index is 1.02. The van der Waals surface area contributed by atoms with Gasteiger partial charge in [0.1, 0.15) is 23.0 Å². The number of carbonyl (C=O) groups excluding carboxylic acids is 2. The summed E-state index contributed by atoms with van der Waals surface area (Å²) in [5.74, 6) is -11.1. The lowest BCUT2D eigenvalue weighted by Crippen LogP contribution is -2.50. The molecule has 2 fully saturated rings. The number of furan rings is 1. The molecule has 0 bridgehead atoms. The van der Waals surface area contributed by atoms with Gasteiger partial charge in [0.2, 0.25) is 5.82 Å². The van der Waals surface area contributed by atoms with Gasteiger partial charge in [-0.2, -0.15) is 17.6 Å². The number of aromatic amines is 1.